The van der Waals surface area contributed by atoms with Crippen LogP contribution in [0.3, 0.4) is 0 Å². The molecular formula is C21H24O8. The van der Waals surface area contributed by atoms with E-state index in [-0.39, 0.29) is 12.5 Å². The third-order valence-electron chi connectivity index (χ3n) is 4.88. The van der Waals surface area contributed by atoms with E-state index in [9.17, 15) is 14.4 Å². The Morgan fingerprint density at radius 1 is 1.17 bits per heavy atom. The summed E-state index contributed by atoms with van der Waals surface area (Å²) in [5.74, 6) is -0.571. The van der Waals surface area contributed by atoms with Gasteiger partial charge in [-0.1, -0.05) is 6.92 Å². The number of hydrogen-bond donors (Lipinski definition) is 0. The molecule has 0 unspecified atom stereocenters. The second kappa shape index (κ2) is 8.65. The molecule has 8 nitrogen and oxygen atoms in total. The van der Waals surface area contributed by atoms with Crippen LogP contribution in [0, 0.1) is 12.8 Å². The number of fused-ring (bicyclic) bond motifs is 1. The van der Waals surface area contributed by atoms with E-state index in [1.165, 1.54) is 19.9 Å². The van der Waals surface area contributed by atoms with Crippen LogP contribution in [0.15, 0.2) is 33.5 Å². The van der Waals surface area contributed by atoms with Crippen LogP contribution in [0.4, 0.5) is 0 Å². The highest BCUT2D eigenvalue weighted by Gasteiger charge is 2.39. The smallest absolute Gasteiger partial charge is 0.336 e. The predicted molar refractivity (Wildman–Crippen MR) is 102 cm³/mol. The molecule has 0 bridgehead atoms. The Morgan fingerprint density at radius 2 is 1.93 bits per heavy atom. The fourth-order valence-electron chi connectivity index (χ4n) is 3.38. The molecule has 1 aromatic heterocycles. The fraction of sp³-hybridized carbons (Fsp3) is 0.476. The summed E-state index contributed by atoms with van der Waals surface area (Å²) in [6, 6.07) is 6.60. The molecule has 0 amide bonds. The molecule has 8 heteroatoms. The molecule has 1 aliphatic heterocycles. The summed E-state index contributed by atoms with van der Waals surface area (Å²) in [4.78, 5) is 34.3. The number of rotatable bonds is 5. The molecule has 0 radical (unpaired) electrons. The normalized spacial score (nSPS) is 24.1. The average molecular weight is 404 g/mol. The number of carbonyl (C=O) groups excluding carboxylic acids is 2. The molecule has 1 saturated heterocycles. The van der Waals surface area contributed by atoms with Gasteiger partial charge in [-0.05, 0) is 24.6 Å². The molecule has 2 heterocycles. The summed E-state index contributed by atoms with van der Waals surface area (Å²) in [7, 11) is 0. The van der Waals surface area contributed by atoms with E-state index in [0.717, 1.165) is 10.9 Å². The Hall–Kier alpha value is -2.87. The van der Waals surface area contributed by atoms with Crippen molar-refractivity contribution in [2.45, 2.75) is 52.6 Å². The van der Waals surface area contributed by atoms with Crippen LogP contribution in [-0.2, 0) is 23.8 Å². The van der Waals surface area contributed by atoms with Gasteiger partial charge in [0.1, 0.15) is 30.1 Å². The minimum absolute atomic E-state index is 0.0277. The maximum absolute atomic E-state index is 11.6. The molecule has 0 aliphatic carbocycles. The van der Waals surface area contributed by atoms with E-state index in [4.69, 9.17) is 23.4 Å². The Kier molecular flexibility index (Phi) is 6.22. The monoisotopic (exact) mass is 404 g/mol. The molecule has 2 aromatic rings. The van der Waals surface area contributed by atoms with Gasteiger partial charge >= 0.3 is 17.6 Å². The van der Waals surface area contributed by atoms with Crippen LogP contribution in [0.5, 0.6) is 5.75 Å². The van der Waals surface area contributed by atoms with Crippen molar-refractivity contribution in [3.05, 3.63) is 40.2 Å². The molecule has 1 fully saturated rings. The van der Waals surface area contributed by atoms with Gasteiger partial charge in [0.25, 0.3) is 0 Å². The summed E-state index contributed by atoms with van der Waals surface area (Å²) in [5.41, 5.74) is 0.776. The first-order valence-corrected chi connectivity index (χ1v) is 9.40. The zero-order valence-electron chi connectivity index (χ0n) is 16.8. The molecule has 0 saturated carbocycles. The number of benzene rings is 1. The van der Waals surface area contributed by atoms with Gasteiger partial charge in [-0.3, -0.25) is 9.59 Å². The van der Waals surface area contributed by atoms with Crippen molar-refractivity contribution in [3.8, 4) is 5.75 Å². The van der Waals surface area contributed by atoms with Crippen LogP contribution in [0.2, 0.25) is 0 Å². The summed E-state index contributed by atoms with van der Waals surface area (Å²) in [5, 5.41) is 0.806. The lowest BCUT2D eigenvalue weighted by Gasteiger charge is -2.39. The summed E-state index contributed by atoms with van der Waals surface area (Å²) in [6.07, 6.45) is -1.37. The minimum atomic E-state index is -0.731. The van der Waals surface area contributed by atoms with Gasteiger partial charge < -0.3 is 23.4 Å². The van der Waals surface area contributed by atoms with Crippen molar-refractivity contribution in [2.24, 2.45) is 5.92 Å². The molecule has 156 valence electrons. The molecule has 1 aromatic carbocycles. The van der Waals surface area contributed by atoms with E-state index in [1.807, 2.05) is 13.8 Å². The summed E-state index contributed by atoms with van der Waals surface area (Å²) >= 11 is 0. The van der Waals surface area contributed by atoms with Crippen LogP contribution < -0.4 is 10.4 Å². The highest BCUT2D eigenvalue weighted by Crippen LogP contribution is 2.31. The van der Waals surface area contributed by atoms with Crippen LogP contribution in [-0.4, -0.2) is 37.0 Å². The van der Waals surface area contributed by atoms with E-state index in [2.05, 4.69) is 0 Å². The van der Waals surface area contributed by atoms with Gasteiger partial charge in [0.2, 0.25) is 6.29 Å². The second-order valence-electron chi connectivity index (χ2n) is 7.17. The number of aryl methyl sites for hydroxylation is 1. The van der Waals surface area contributed by atoms with Crippen molar-refractivity contribution < 1.29 is 33.0 Å². The summed E-state index contributed by atoms with van der Waals surface area (Å²) in [6.45, 7) is 6.38. The van der Waals surface area contributed by atoms with Gasteiger partial charge in [-0.25, -0.2) is 4.79 Å². The lowest BCUT2D eigenvalue weighted by Crippen LogP contribution is -2.48. The molecule has 0 spiro atoms. The Labute approximate surface area is 167 Å². The molecular weight excluding hydrogens is 380 g/mol. The Morgan fingerprint density at radius 3 is 2.62 bits per heavy atom. The van der Waals surface area contributed by atoms with Crippen LogP contribution in [0.25, 0.3) is 11.0 Å². The number of ether oxygens (including phenoxy) is 4. The van der Waals surface area contributed by atoms with Crippen molar-refractivity contribution >= 4 is 22.9 Å². The van der Waals surface area contributed by atoms with E-state index in [0.29, 0.717) is 17.8 Å². The van der Waals surface area contributed by atoms with Gasteiger partial charge in [0.15, 0.2) is 0 Å². The van der Waals surface area contributed by atoms with Crippen LogP contribution >= 0.6 is 0 Å². The SMILES string of the molecule is CC(=O)OC[C@H]1O[C@@H](Oc2ccc3c(C)cc(=O)oc3c2)C[C@@H](OC(C)=O)[C@H]1C. The minimum Gasteiger partial charge on any atom is -0.465 e. The van der Waals surface area contributed by atoms with Crippen LogP contribution in [0.1, 0.15) is 32.8 Å². The van der Waals surface area contributed by atoms with E-state index < -0.39 is 36.1 Å². The fourth-order valence-corrected chi connectivity index (χ4v) is 3.38. The zero-order valence-corrected chi connectivity index (χ0v) is 16.8. The molecule has 29 heavy (non-hydrogen) atoms. The van der Waals surface area contributed by atoms with Gasteiger partial charge in [0.05, 0.1) is 0 Å². The van der Waals surface area contributed by atoms with Crippen molar-refractivity contribution in [3.63, 3.8) is 0 Å². The first-order chi connectivity index (χ1) is 13.7. The highest BCUT2D eigenvalue weighted by atomic mass is 16.7. The number of carbonyl (C=O) groups is 2. The van der Waals surface area contributed by atoms with Crippen molar-refractivity contribution in [1.29, 1.82) is 0 Å². The molecule has 1 aliphatic rings. The van der Waals surface area contributed by atoms with E-state index >= 15 is 0 Å². The lowest BCUT2D eigenvalue weighted by molar-refractivity contribution is -0.220. The third-order valence-corrected chi connectivity index (χ3v) is 4.88. The Balaban J connectivity index is 1.80. The largest absolute Gasteiger partial charge is 0.465 e. The van der Waals surface area contributed by atoms with Crippen molar-refractivity contribution in [1.82, 2.24) is 0 Å². The molecule has 4 atom stereocenters. The van der Waals surface area contributed by atoms with Crippen molar-refractivity contribution in [2.75, 3.05) is 6.61 Å². The molecule has 0 N–H and O–H groups in total. The maximum Gasteiger partial charge on any atom is 0.336 e. The lowest BCUT2D eigenvalue weighted by atomic mass is 9.92. The van der Waals surface area contributed by atoms with Gasteiger partial charge in [-0.2, -0.15) is 0 Å². The topological polar surface area (TPSA) is 101 Å². The maximum atomic E-state index is 11.6. The van der Waals surface area contributed by atoms with Gasteiger partial charge in [-0.15, -0.1) is 0 Å². The standard InChI is InChI=1S/C21H24O8/c1-11-7-20(24)28-18-8-15(5-6-16(11)18)27-21-9-17(26-14(4)23)12(2)19(29-21)10-25-13(3)22/h5-8,12,17,19,21H,9-10H2,1-4H3/t12-,17-,19-,21-/m1/s1. The number of hydrogen-bond acceptors (Lipinski definition) is 8. The first kappa shape index (κ1) is 20.9. The summed E-state index contributed by atoms with van der Waals surface area (Å²) < 4.78 is 27.6. The van der Waals surface area contributed by atoms with Gasteiger partial charge in [0, 0.05) is 43.7 Å². The van der Waals surface area contributed by atoms with E-state index in [1.54, 1.807) is 18.2 Å². The number of esters is 2. The second-order valence-corrected chi connectivity index (χ2v) is 7.17. The quantitative estimate of drug-likeness (QED) is 0.554. The first-order valence-electron chi connectivity index (χ1n) is 9.40. The highest BCUT2D eigenvalue weighted by molar-refractivity contribution is 5.81. The molecule has 3 rings (SSSR count). The predicted octanol–water partition coefficient (Wildman–Crippen LogP) is 2.73. The third kappa shape index (κ3) is 5.14. The zero-order chi connectivity index (χ0) is 21.1. The average Bonchev–Trinajstić information content (AvgIpc) is 2.62. The Bertz CT molecular complexity index is 963.